The van der Waals surface area contributed by atoms with Crippen molar-refractivity contribution < 1.29 is 37.1 Å². The van der Waals surface area contributed by atoms with E-state index in [1.165, 1.54) is 0 Å². The first kappa shape index (κ1) is 28.2. The van der Waals surface area contributed by atoms with Gasteiger partial charge in [-0.2, -0.15) is 18.3 Å². The van der Waals surface area contributed by atoms with Gasteiger partial charge in [-0.3, -0.25) is 0 Å². The second-order valence-electron chi connectivity index (χ2n) is 9.74. The van der Waals surface area contributed by atoms with Crippen molar-refractivity contribution in [2.75, 3.05) is 12.8 Å². The van der Waals surface area contributed by atoms with Crippen LogP contribution in [-0.2, 0) is 14.1 Å². The molecule has 1 aromatic heterocycles. The summed E-state index contributed by atoms with van der Waals surface area (Å²) in [7, 11) is 1.25. The summed E-state index contributed by atoms with van der Waals surface area (Å²) in [5.41, 5.74) is 10.0. The molecule has 1 aliphatic rings. The lowest BCUT2D eigenvalue weighted by Crippen LogP contribution is -2.41. The number of aliphatic carboxylic acids is 1. The fraction of sp³-hybridized carbons (Fsp3) is 0.400. The molecule has 0 aliphatic carbocycles. The van der Waals surface area contributed by atoms with Crippen LogP contribution in [0.2, 0.25) is 0 Å². The third-order valence-electron chi connectivity index (χ3n) is 6.57. The summed E-state index contributed by atoms with van der Waals surface area (Å²) in [4.78, 5) is 8.90. The number of halogens is 3. The molecule has 0 saturated carbocycles. The standard InChI is InChI=1S/C23H28BN3O3.C2HF3O2/c1-13-10-16(24-29-22(3,4)23(5,6)30-24)12-19(20(13)28-7)15-8-9-17-18(11-15)14(2)26-27-21(17)25;3-2(4,5)1(6)7/h8-12H,1-7H3,(H2,25,27);(H,6,7). The summed E-state index contributed by atoms with van der Waals surface area (Å²) in [6.45, 7) is 12.2. The number of alkyl halides is 3. The number of methoxy groups -OCH3 is 1. The molecule has 0 radical (unpaired) electrons. The minimum atomic E-state index is -5.08. The van der Waals surface area contributed by atoms with E-state index in [0.717, 1.165) is 44.4 Å². The Morgan fingerprint density at radius 3 is 2.11 bits per heavy atom. The number of fused-ring (bicyclic) bond motifs is 1. The lowest BCUT2D eigenvalue weighted by molar-refractivity contribution is -0.192. The molecule has 0 unspecified atom stereocenters. The summed E-state index contributed by atoms with van der Waals surface area (Å²) in [5, 5.41) is 17.2. The summed E-state index contributed by atoms with van der Waals surface area (Å²) < 4.78 is 50.1. The third kappa shape index (κ3) is 5.64. The number of ether oxygens (including phenoxy) is 1. The van der Waals surface area contributed by atoms with E-state index < -0.39 is 30.5 Å². The largest absolute Gasteiger partial charge is 0.496 e. The van der Waals surface area contributed by atoms with Crippen LogP contribution < -0.4 is 15.9 Å². The van der Waals surface area contributed by atoms with Crippen LogP contribution in [0.15, 0.2) is 30.3 Å². The number of carboxylic acid groups (broad SMARTS) is 1. The Labute approximate surface area is 213 Å². The number of rotatable bonds is 3. The monoisotopic (exact) mass is 519 g/mol. The maximum atomic E-state index is 10.6. The van der Waals surface area contributed by atoms with Gasteiger partial charge in [0.25, 0.3) is 0 Å². The lowest BCUT2D eigenvalue weighted by atomic mass is 9.76. The highest BCUT2D eigenvalue weighted by Gasteiger charge is 2.51. The quantitative estimate of drug-likeness (QED) is 0.488. The molecule has 0 amide bonds. The van der Waals surface area contributed by atoms with E-state index >= 15 is 0 Å². The number of aromatic nitrogens is 2. The molecule has 1 aliphatic heterocycles. The number of nitrogens with two attached hydrogens (primary N) is 1. The summed E-state index contributed by atoms with van der Waals surface area (Å²) in [5.74, 6) is -1.51. The highest BCUT2D eigenvalue weighted by Crippen LogP contribution is 2.39. The number of nitrogen functional groups attached to an aromatic ring is 1. The topological polar surface area (TPSA) is 117 Å². The Hall–Kier alpha value is -3.38. The number of benzene rings is 2. The first-order valence-corrected chi connectivity index (χ1v) is 11.4. The van der Waals surface area contributed by atoms with E-state index in [4.69, 9.17) is 29.7 Å². The maximum absolute atomic E-state index is 10.6. The van der Waals surface area contributed by atoms with Crippen LogP contribution in [0.4, 0.5) is 19.0 Å². The zero-order valence-corrected chi connectivity index (χ0v) is 21.6. The number of carboxylic acids is 1. The average Bonchev–Trinajstić information content (AvgIpc) is 3.02. The number of aryl methyl sites for hydroxylation is 2. The van der Waals surface area contributed by atoms with Crippen LogP contribution in [0.5, 0.6) is 5.75 Å². The zero-order valence-electron chi connectivity index (χ0n) is 21.6. The average molecular weight is 519 g/mol. The Balaban J connectivity index is 0.000000479. The summed E-state index contributed by atoms with van der Waals surface area (Å²) >= 11 is 0. The van der Waals surface area contributed by atoms with E-state index in [1.54, 1.807) is 7.11 Å². The molecule has 198 valence electrons. The first-order chi connectivity index (χ1) is 17.0. The number of anilines is 1. The molecule has 3 aromatic rings. The van der Waals surface area contributed by atoms with Gasteiger partial charge in [-0.1, -0.05) is 18.2 Å². The van der Waals surface area contributed by atoms with Gasteiger partial charge in [-0.15, -0.1) is 5.10 Å². The number of hydrogen-bond acceptors (Lipinski definition) is 7. The molecule has 0 spiro atoms. The van der Waals surface area contributed by atoms with E-state index in [1.807, 2.05) is 26.0 Å². The van der Waals surface area contributed by atoms with Crippen molar-refractivity contribution in [2.24, 2.45) is 0 Å². The van der Waals surface area contributed by atoms with Gasteiger partial charge in [0.1, 0.15) is 5.75 Å². The molecule has 4 rings (SSSR count). The molecule has 2 aromatic carbocycles. The Morgan fingerprint density at radius 1 is 1.03 bits per heavy atom. The number of hydrogen-bond donors (Lipinski definition) is 2. The summed E-state index contributed by atoms with van der Waals surface area (Å²) in [6.07, 6.45) is -5.08. The van der Waals surface area contributed by atoms with Gasteiger partial charge >= 0.3 is 19.3 Å². The molecule has 12 heteroatoms. The van der Waals surface area contributed by atoms with Crippen LogP contribution in [0.1, 0.15) is 39.0 Å². The fourth-order valence-electron chi connectivity index (χ4n) is 3.87. The van der Waals surface area contributed by atoms with Gasteiger partial charge in [-0.25, -0.2) is 4.79 Å². The Bertz CT molecular complexity index is 1330. The number of nitrogens with zero attached hydrogens (tertiary/aromatic N) is 2. The van der Waals surface area contributed by atoms with Crippen molar-refractivity contribution in [3.63, 3.8) is 0 Å². The fourth-order valence-corrected chi connectivity index (χ4v) is 3.87. The predicted molar refractivity (Wildman–Crippen MR) is 135 cm³/mol. The van der Waals surface area contributed by atoms with E-state index in [0.29, 0.717) is 5.82 Å². The highest BCUT2D eigenvalue weighted by atomic mass is 19.4. The molecule has 8 nitrogen and oxygen atoms in total. The van der Waals surface area contributed by atoms with E-state index in [2.05, 4.69) is 56.1 Å². The second-order valence-corrected chi connectivity index (χ2v) is 9.74. The van der Waals surface area contributed by atoms with Crippen molar-refractivity contribution in [3.05, 3.63) is 41.6 Å². The van der Waals surface area contributed by atoms with E-state index in [-0.39, 0.29) is 0 Å². The normalized spacial score (nSPS) is 16.3. The predicted octanol–water partition coefficient (Wildman–Crippen LogP) is 4.44. The van der Waals surface area contributed by atoms with Gasteiger partial charge in [0.2, 0.25) is 0 Å². The van der Waals surface area contributed by atoms with Crippen molar-refractivity contribution in [1.82, 2.24) is 10.2 Å². The molecular formula is C25H29BF3N3O5. The molecule has 1 saturated heterocycles. The molecule has 3 N–H and O–H groups in total. The molecule has 37 heavy (non-hydrogen) atoms. The van der Waals surface area contributed by atoms with Crippen molar-refractivity contribution in [3.8, 4) is 16.9 Å². The Kier molecular flexibility index (Phi) is 7.49. The SMILES string of the molecule is COc1c(C)cc(B2OC(C)(C)C(C)(C)O2)cc1-c1ccc2c(N)nnc(C)c2c1.O=C(O)C(F)(F)F. The molecule has 0 bridgehead atoms. The molecular weight excluding hydrogens is 490 g/mol. The highest BCUT2D eigenvalue weighted by molar-refractivity contribution is 6.62. The van der Waals surface area contributed by atoms with Crippen LogP contribution in [0, 0.1) is 13.8 Å². The van der Waals surface area contributed by atoms with Crippen LogP contribution >= 0.6 is 0 Å². The summed E-state index contributed by atoms with van der Waals surface area (Å²) in [6, 6.07) is 10.3. The lowest BCUT2D eigenvalue weighted by Gasteiger charge is -2.32. The maximum Gasteiger partial charge on any atom is 0.494 e. The van der Waals surface area contributed by atoms with E-state index in [9.17, 15) is 13.2 Å². The van der Waals surface area contributed by atoms with Gasteiger partial charge in [0.05, 0.1) is 24.0 Å². The smallest absolute Gasteiger partial charge is 0.494 e. The van der Waals surface area contributed by atoms with Gasteiger partial charge in [0, 0.05) is 16.3 Å². The van der Waals surface area contributed by atoms with Crippen LogP contribution in [0.25, 0.3) is 21.9 Å². The molecule has 1 fully saturated rings. The van der Waals surface area contributed by atoms with Gasteiger partial charge in [0.15, 0.2) is 5.82 Å². The minimum Gasteiger partial charge on any atom is -0.496 e. The van der Waals surface area contributed by atoms with Crippen molar-refractivity contribution in [1.29, 1.82) is 0 Å². The molecule has 0 atom stereocenters. The number of carbonyl (C=O) groups is 1. The van der Waals surface area contributed by atoms with Gasteiger partial charge in [-0.05, 0) is 70.3 Å². The third-order valence-corrected chi connectivity index (χ3v) is 6.57. The van der Waals surface area contributed by atoms with Crippen LogP contribution in [-0.4, -0.2) is 52.9 Å². The first-order valence-electron chi connectivity index (χ1n) is 11.4. The second kappa shape index (κ2) is 9.83. The minimum absolute atomic E-state index is 0.401. The van der Waals surface area contributed by atoms with Gasteiger partial charge < -0.3 is 24.9 Å². The van der Waals surface area contributed by atoms with Crippen molar-refractivity contribution in [2.45, 2.75) is 58.9 Å². The van der Waals surface area contributed by atoms with Crippen molar-refractivity contribution >= 4 is 35.1 Å². The molecule has 2 heterocycles. The zero-order chi connectivity index (χ0) is 27.9. The van der Waals surface area contributed by atoms with Crippen LogP contribution in [0.3, 0.4) is 0 Å². The Morgan fingerprint density at radius 2 is 1.59 bits per heavy atom.